The van der Waals surface area contributed by atoms with Crippen molar-refractivity contribution in [2.75, 3.05) is 0 Å². The molecule has 0 amide bonds. The summed E-state index contributed by atoms with van der Waals surface area (Å²) in [6, 6.07) is 10.4. The molecule has 0 radical (unpaired) electrons. The van der Waals surface area contributed by atoms with E-state index in [4.69, 9.17) is 0 Å². The zero-order chi connectivity index (χ0) is 9.52. The van der Waals surface area contributed by atoms with Crippen molar-refractivity contribution in [1.82, 2.24) is 0 Å². The number of allylic oxidation sites excluding steroid dienone is 4. The Morgan fingerprint density at radius 2 is 1.92 bits per heavy atom. The van der Waals surface area contributed by atoms with E-state index >= 15 is 0 Å². The molecule has 0 saturated heterocycles. The van der Waals surface area contributed by atoms with E-state index in [0.717, 1.165) is 6.42 Å². The maximum Gasteiger partial charge on any atom is -0.0187 e. The molecule has 0 spiro atoms. The van der Waals surface area contributed by atoms with Gasteiger partial charge in [0.1, 0.15) is 0 Å². The molecule has 0 unspecified atom stereocenters. The van der Waals surface area contributed by atoms with Gasteiger partial charge in [-0.2, -0.15) is 0 Å². The van der Waals surface area contributed by atoms with Crippen LogP contribution in [0.1, 0.15) is 25.8 Å². The molecule has 0 fully saturated rings. The van der Waals surface area contributed by atoms with Crippen LogP contribution in [-0.4, -0.2) is 0 Å². The van der Waals surface area contributed by atoms with Gasteiger partial charge in [0.05, 0.1) is 0 Å². The summed E-state index contributed by atoms with van der Waals surface area (Å²) in [5.74, 6) is 0. The molecule has 1 rings (SSSR count). The molecule has 0 aromatic heterocycles. The highest BCUT2D eigenvalue weighted by Crippen LogP contribution is 2.14. The Labute approximate surface area is 80.6 Å². The van der Waals surface area contributed by atoms with Gasteiger partial charge in [0.2, 0.25) is 0 Å². The Morgan fingerprint density at radius 3 is 2.46 bits per heavy atom. The van der Waals surface area contributed by atoms with E-state index < -0.39 is 0 Å². The molecular weight excluding hydrogens is 156 g/mol. The zero-order valence-electron chi connectivity index (χ0n) is 8.33. The molecule has 0 aliphatic rings. The van der Waals surface area contributed by atoms with Crippen LogP contribution in [0, 0.1) is 0 Å². The van der Waals surface area contributed by atoms with Gasteiger partial charge in [-0.05, 0) is 24.5 Å². The first kappa shape index (κ1) is 9.79. The SMILES string of the molecule is CC=C(C=CCC)c1ccccc1. The van der Waals surface area contributed by atoms with E-state index in [1.54, 1.807) is 0 Å². The number of benzene rings is 1. The molecule has 1 aromatic carbocycles. The van der Waals surface area contributed by atoms with Crippen LogP contribution in [-0.2, 0) is 0 Å². The Kier molecular flexibility index (Phi) is 4.04. The Bertz CT molecular complexity index is 291. The summed E-state index contributed by atoms with van der Waals surface area (Å²) in [6.45, 7) is 4.22. The van der Waals surface area contributed by atoms with Crippen molar-refractivity contribution in [2.24, 2.45) is 0 Å². The lowest BCUT2D eigenvalue weighted by atomic mass is 10.1. The van der Waals surface area contributed by atoms with Crippen molar-refractivity contribution in [3.8, 4) is 0 Å². The van der Waals surface area contributed by atoms with Crippen molar-refractivity contribution >= 4 is 5.57 Å². The van der Waals surface area contributed by atoms with Crippen molar-refractivity contribution in [3.63, 3.8) is 0 Å². The van der Waals surface area contributed by atoms with Gasteiger partial charge in [-0.1, -0.05) is 55.5 Å². The number of hydrogen-bond acceptors (Lipinski definition) is 0. The van der Waals surface area contributed by atoms with E-state index in [-0.39, 0.29) is 0 Å². The Morgan fingerprint density at radius 1 is 1.23 bits per heavy atom. The van der Waals surface area contributed by atoms with Crippen LogP contribution < -0.4 is 0 Å². The van der Waals surface area contributed by atoms with Crippen LogP contribution in [0.5, 0.6) is 0 Å². The van der Waals surface area contributed by atoms with Crippen LogP contribution in [0.4, 0.5) is 0 Å². The molecule has 0 atom stereocenters. The molecule has 0 aliphatic carbocycles. The second kappa shape index (κ2) is 5.36. The maximum absolute atomic E-state index is 2.18. The third-order valence-corrected chi connectivity index (χ3v) is 1.95. The van der Waals surface area contributed by atoms with Crippen LogP contribution in [0.25, 0.3) is 5.57 Å². The third-order valence-electron chi connectivity index (χ3n) is 1.95. The molecule has 0 N–H and O–H groups in total. The van der Waals surface area contributed by atoms with Gasteiger partial charge < -0.3 is 0 Å². The smallest absolute Gasteiger partial charge is 0.0187 e. The summed E-state index contributed by atoms with van der Waals surface area (Å²) >= 11 is 0. The molecular formula is C13H16. The van der Waals surface area contributed by atoms with Crippen molar-refractivity contribution in [2.45, 2.75) is 20.3 Å². The summed E-state index contributed by atoms with van der Waals surface area (Å²) < 4.78 is 0. The quantitative estimate of drug-likeness (QED) is 0.603. The minimum absolute atomic E-state index is 1.09. The second-order valence-electron chi connectivity index (χ2n) is 2.92. The van der Waals surface area contributed by atoms with Gasteiger partial charge in [-0.3, -0.25) is 0 Å². The summed E-state index contributed by atoms with van der Waals surface area (Å²) in [5, 5.41) is 0. The van der Waals surface area contributed by atoms with Crippen molar-refractivity contribution in [1.29, 1.82) is 0 Å². The monoisotopic (exact) mass is 172 g/mol. The van der Waals surface area contributed by atoms with Gasteiger partial charge in [0.25, 0.3) is 0 Å². The van der Waals surface area contributed by atoms with E-state index in [1.807, 2.05) is 6.07 Å². The molecule has 13 heavy (non-hydrogen) atoms. The summed E-state index contributed by atoms with van der Waals surface area (Å²) in [7, 11) is 0. The van der Waals surface area contributed by atoms with Crippen molar-refractivity contribution in [3.05, 3.63) is 54.1 Å². The van der Waals surface area contributed by atoms with Crippen LogP contribution in [0.15, 0.2) is 48.6 Å². The summed E-state index contributed by atoms with van der Waals surface area (Å²) in [6.07, 6.45) is 7.59. The summed E-state index contributed by atoms with van der Waals surface area (Å²) in [4.78, 5) is 0. The fourth-order valence-corrected chi connectivity index (χ4v) is 1.23. The third kappa shape index (κ3) is 2.90. The predicted molar refractivity (Wildman–Crippen MR) is 59.5 cm³/mol. The van der Waals surface area contributed by atoms with Gasteiger partial charge in [0, 0.05) is 0 Å². The second-order valence-corrected chi connectivity index (χ2v) is 2.92. The van der Waals surface area contributed by atoms with Crippen LogP contribution in [0.2, 0.25) is 0 Å². The van der Waals surface area contributed by atoms with Crippen LogP contribution >= 0.6 is 0 Å². The normalized spacial score (nSPS) is 12.3. The van der Waals surface area contributed by atoms with Gasteiger partial charge in [0.15, 0.2) is 0 Å². The lowest BCUT2D eigenvalue weighted by molar-refractivity contribution is 1.22. The number of hydrogen-bond donors (Lipinski definition) is 0. The lowest BCUT2D eigenvalue weighted by Gasteiger charge is -2.00. The van der Waals surface area contributed by atoms with E-state index in [2.05, 4.69) is 56.3 Å². The molecule has 0 saturated carbocycles. The predicted octanol–water partition coefficient (Wildman–Crippen LogP) is 4.06. The molecule has 0 heteroatoms. The molecule has 0 bridgehead atoms. The topological polar surface area (TPSA) is 0 Å². The standard InChI is InChI=1S/C13H16/c1-3-5-9-12(4-2)13-10-7-6-8-11-13/h4-11H,3H2,1-2H3. The van der Waals surface area contributed by atoms with Crippen LogP contribution in [0.3, 0.4) is 0 Å². The average molecular weight is 172 g/mol. The molecule has 68 valence electrons. The fourth-order valence-electron chi connectivity index (χ4n) is 1.23. The van der Waals surface area contributed by atoms with E-state index in [0.29, 0.717) is 0 Å². The Balaban J connectivity index is 2.87. The van der Waals surface area contributed by atoms with Gasteiger partial charge >= 0.3 is 0 Å². The first-order chi connectivity index (χ1) is 6.38. The molecule has 0 nitrogen and oxygen atoms in total. The maximum atomic E-state index is 2.18. The first-order valence-corrected chi connectivity index (χ1v) is 4.76. The highest BCUT2D eigenvalue weighted by molar-refractivity contribution is 5.73. The van der Waals surface area contributed by atoms with E-state index in [1.165, 1.54) is 11.1 Å². The molecule has 0 aliphatic heterocycles. The molecule has 0 heterocycles. The minimum atomic E-state index is 1.09. The highest BCUT2D eigenvalue weighted by atomic mass is 14.0. The van der Waals surface area contributed by atoms with Gasteiger partial charge in [-0.15, -0.1) is 0 Å². The minimum Gasteiger partial charge on any atom is -0.0842 e. The first-order valence-electron chi connectivity index (χ1n) is 4.76. The van der Waals surface area contributed by atoms with E-state index in [9.17, 15) is 0 Å². The molecule has 1 aromatic rings. The van der Waals surface area contributed by atoms with Gasteiger partial charge in [-0.25, -0.2) is 0 Å². The average Bonchev–Trinajstić information content (AvgIpc) is 2.21. The number of rotatable bonds is 3. The van der Waals surface area contributed by atoms with Crippen molar-refractivity contribution < 1.29 is 0 Å². The zero-order valence-corrected chi connectivity index (χ0v) is 8.33. The largest absolute Gasteiger partial charge is 0.0842 e. The Hall–Kier alpha value is -1.30. The highest BCUT2D eigenvalue weighted by Gasteiger charge is 1.92. The summed E-state index contributed by atoms with van der Waals surface area (Å²) in [5.41, 5.74) is 2.58. The fraction of sp³-hybridized carbons (Fsp3) is 0.231. The lowest BCUT2D eigenvalue weighted by Crippen LogP contribution is -1.78.